The van der Waals surface area contributed by atoms with Crippen molar-refractivity contribution in [3.8, 4) is 0 Å². The summed E-state index contributed by atoms with van der Waals surface area (Å²) < 4.78 is 6.03. The first-order chi connectivity index (χ1) is 8.22. The summed E-state index contributed by atoms with van der Waals surface area (Å²) >= 11 is 0. The Balaban J connectivity index is 2.08. The minimum absolute atomic E-state index is 0.121. The predicted octanol–water partition coefficient (Wildman–Crippen LogP) is 3.36. The number of nitrogens with one attached hydrogen (secondary N) is 1. The van der Waals surface area contributed by atoms with Crippen molar-refractivity contribution in [3.63, 3.8) is 0 Å². The maximum absolute atomic E-state index is 6.03. The van der Waals surface area contributed by atoms with Crippen LogP contribution in [0.2, 0.25) is 0 Å². The lowest BCUT2D eigenvalue weighted by Crippen LogP contribution is -2.56. The van der Waals surface area contributed by atoms with Crippen LogP contribution in [0.3, 0.4) is 0 Å². The molecule has 2 aliphatic carbocycles. The molecule has 1 unspecified atom stereocenters. The van der Waals surface area contributed by atoms with Crippen LogP contribution >= 0.6 is 0 Å². The van der Waals surface area contributed by atoms with Gasteiger partial charge in [0, 0.05) is 13.2 Å². The summed E-state index contributed by atoms with van der Waals surface area (Å²) in [6.07, 6.45) is 10.8. The number of hydrogen-bond acceptors (Lipinski definition) is 2. The average molecular weight is 239 g/mol. The van der Waals surface area contributed by atoms with Gasteiger partial charge in [0.2, 0.25) is 0 Å². The summed E-state index contributed by atoms with van der Waals surface area (Å²) in [6, 6.07) is 0.572. The van der Waals surface area contributed by atoms with Crippen LogP contribution in [0.15, 0.2) is 0 Å². The monoisotopic (exact) mass is 239 g/mol. The molecule has 0 radical (unpaired) electrons. The van der Waals surface area contributed by atoms with E-state index in [4.69, 9.17) is 4.74 Å². The number of likely N-dealkylation sites (N-methyl/N-ethyl adjacent to an activating group) is 1. The van der Waals surface area contributed by atoms with Crippen molar-refractivity contribution in [1.29, 1.82) is 0 Å². The van der Waals surface area contributed by atoms with Crippen molar-refractivity contribution in [1.82, 2.24) is 5.32 Å². The third kappa shape index (κ3) is 2.68. The van der Waals surface area contributed by atoms with E-state index in [1.54, 1.807) is 0 Å². The maximum atomic E-state index is 6.03. The molecule has 0 aliphatic heterocycles. The molecule has 2 nitrogen and oxygen atoms in total. The van der Waals surface area contributed by atoms with E-state index in [0.29, 0.717) is 6.04 Å². The van der Waals surface area contributed by atoms with Crippen LogP contribution in [0, 0.1) is 11.8 Å². The fourth-order valence-electron chi connectivity index (χ4n) is 4.11. The Bertz CT molecular complexity index is 227. The van der Waals surface area contributed by atoms with Gasteiger partial charge in [-0.05, 0) is 57.4 Å². The molecular formula is C15H29NO. The quantitative estimate of drug-likeness (QED) is 0.812. The number of methoxy groups -OCH3 is 1. The van der Waals surface area contributed by atoms with Gasteiger partial charge in [-0.25, -0.2) is 0 Å². The molecule has 0 spiro atoms. The van der Waals surface area contributed by atoms with E-state index in [0.717, 1.165) is 11.8 Å². The zero-order valence-electron chi connectivity index (χ0n) is 11.8. The summed E-state index contributed by atoms with van der Waals surface area (Å²) in [4.78, 5) is 0. The first-order valence-electron chi connectivity index (χ1n) is 7.44. The van der Waals surface area contributed by atoms with Gasteiger partial charge in [-0.3, -0.25) is 0 Å². The number of rotatable bonds is 4. The third-order valence-electron chi connectivity index (χ3n) is 5.28. The normalized spacial score (nSPS) is 37.2. The molecule has 0 amide bonds. The van der Waals surface area contributed by atoms with Gasteiger partial charge in [0.15, 0.2) is 0 Å². The molecule has 2 heteroatoms. The summed E-state index contributed by atoms with van der Waals surface area (Å²) in [5, 5.41) is 3.60. The van der Waals surface area contributed by atoms with Crippen molar-refractivity contribution < 1.29 is 4.74 Å². The average Bonchev–Trinajstić information content (AvgIpc) is 2.86. The van der Waals surface area contributed by atoms with Gasteiger partial charge in [-0.15, -0.1) is 0 Å². The summed E-state index contributed by atoms with van der Waals surface area (Å²) in [6.45, 7) is 2.38. The van der Waals surface area contributed by atoms with Crippen molar-refractivity contribution in [2.24, 2.45) is 11.8 Å². The van der Waals surface area contributed by atoms with E-state index in [2.05, 4.69) is 19.3 Å². The summed E-state index contributed by atoms with van der Waals surface area (Å²) in [5.74, 6) is 1.73. The highest BCUT2D eigenvalue weighted by Crippen LogP contribution is 2.42. The molecular weight excluding hydrogens is 210 g/mol. The lowest BCUT2D eigenvalue weighted by molar-refractivity contribution is -0.0860. The zero-order valence-corrected chi connectivity index (χ0v) is 11.8. The van der Waals surface area contributed by atoms with Gasteiger partial charge >= 0.3 is 0 Å². The topological polar surface area (TPSA) is 21.3 Å². The van der Waals surface area contributed by atoms with Crippen molar-refractivity contribution >= 4 is 0 Å². The lowest BCUT2D eigenvalue weighted by atomic mass is 9.71. The Labute approximate surface area is 107 Å². The molecule has 17 heavy (non-hydrogen) atoms. The molecule has 1 atom stereocenters. The molecule has 2 saturated carbocycles. The van der Waals surface area contributed by atoms with Gasteiger partial charge < -0.3 is 10.1 Å². The fraction of sp³-hybridized carbons (Fsp3) is 1.00. The van der Waals surface area contributed by atoms with Crippen LogP contribution in [0.4, 0.5) is 0 Å². The Hall–Kier alpha value is -0.0800. The molecule has 0 aromatic rings. The smallest absolute Gasteiger partial charge is 0.0833 e. The number of hydrogen-bond donors (Lipinski definition) is 1. The van der Waals surface area contributed by atoms with E-state index in [-0.39, 0.29) is 5.60 Å². The van der Waals surface area contributed by atoms with Crippen molar-refractivity contribution in [3.05, 3.63) is 0 Å². The molecule has 0 saturated heterocycles. The second-order valence-corrected chi connectivity index (χ2v) is 6.26. The van der Waals surface area contributed by atoms with Crippen LogP contribution in [0.25, 0.3) is 0 Å². The molecule has 0 aromatic carbocycles. The van der Waals surface area contributed by atoms with Crippen molar-refractivity contribution in [2.45, 2.75) is 69.9 Å². The third-order valence-corrected chi connectivity index (χ3v) is 5.28. The highest BCUT2D eigenvalue weighted by atomic mass is 16.5. The zero-order chi connectivity index (χ0) is 12.3. The molecule has 100 valence electrons. The molecule has 1 N–H and O–H groups in total. The van der Waals surface area contributed by atoms with Gasteiger partial charge in [0.1, 0.15) is 0 Å². The Morgan fingerprint density at radius 3 is 2.18 bits per heavy atom. The molecule has 0 bridgehead atoms. The Kier molecular flexibility index (Phi) is 4.48. The van der Waals surface area contributed by atoms with E-state index in [1.165, 1.54) is 51.4 Å². The lowest BCUT2D eigenvalue weighted by Gasteiger charge is -2.46. The van der Waals surface area contributed by atoms with E-state index >= 15 is 0 Å². The standard InChI is InChI=1S/C15H29NO/c1-12-8-10-15(17-3,11-9-12)14(16-2)13-6-4-5-7-13/h12-14,16H,4-11H2,1-3H3. The van der Waals surface area contributed by atoms with Crippen LogP contribution < -0.4 is 5.32 Å². The Morgan fingerprint density at radius 2 is 1.71 bits per heavy atom. The minimum Gasteiger partial charge on any atom is -0.377 e. The summed E-state index contributed by atoms with van der Waals surface area (Å²) in [7, 11) is 4.05. The molecule has 2 rings (SSSR count). The number of ether oxygens (including phenoxy) is 1. The van der Waals surface area contributed by atoms with Crippen LogP contribution in [-0.2, 0) is 4.74 Å². The van der Waals surface area contributed by atoms with Gasteiger partial charge in [-0.1, -0.05) is 19.8 Å². The second kappa shape index (κ2) is 5.71. The van der Waals surface area contributed by atoms with Crippen LogP contribution in [0.5, 0.6) is 0 Å². The largest absolute Gasteiger partial charge is 0.377 e. The van der Waals surface area contributed by atoms with E-state index in [9.17, 15) is 0 Å². The predicted molar refractivity (Wildman–Crippen MR) is 72.2 cm³/mol. The van der Waals surface area contributed by atoms with Gasteiger partial charge in [-0.2, -0.15) is 0 Å². The van der Waals surface area contributed by atoms with Gasteiger partial charge in [0.25, 0.3) is 0 Å². The van der Waals surface area contributed by atoms with E-state index < -0.39 is 0 Å². The fourth-order valence-corrected chi connectivity index (χ4v) is 4.11. The molecule has 0 heterocycles. The van der Waals surface area contributed by atoms with Crippen LogP contribution in [0.1, 0.15) is 58.3 Å². The van der Waals surface area contributed by atoms with E-state index in [1.807, 2.05) is 7.11 Å². The van der Waals surface area contributed by atoms with Crippen LogP contribution in [-0.4, -0.2) is 25.8 Å². The molecule has 2 aliphatic rings. The highest BCUT2D eigenvalue weighted by molar-refractivity contribution is 4.99. The highest BCUT2D eigenvalue weighted by Gasteiger charge is 2.44. The second-order valence-electron chi connectivity index (χ2n) is 6.26. The molecule has 0 aromatic heterocycles. The Morgan fingerprint density at radius 1 is 1.12 bits per heavy atom. The molecule has 2 fully saturated rings. The van der Waals surface area contributed by atoms with Gasteiger partial charge in [0.05, 0.1) is 5.60 Å². The minimum atomic E-state index is 0.121. The summed E-state index contributed by atoms with van der Waals surface area (Å²) in [5.41, 5.74) is 0.121. The SMILES string of the molecule is CNC(C1CCCC1)C1(OC)CCC(C)CC1. The maximum Gasteiger partial charge on any atom is 0.0833 e. The van der Waals surface area contributed by atoms with Crippen molar-refractivity contribution in [2.75, 3.05) is 14.2 Å². The first-order valence-corrected chi connectivity index (χ1v) is 7.44. The first kappa shape index (κ1) is 13.4.